The first-order chi connectivity index (χ1) is 16.3. The van der Waals surface area contributed by atoms with Crippen LogP contribution >= 0.6 is 15.9 Å². The van der Waals surface area contributed by atoms with Crippen molar-refractivity contribution < 1.29 is 23.9 Å². The number of nitrogens with zero attached hydrogens (tertiary/aromatic N) is 1. The lowest BCUT2D eigenvalue weighted by molar-refractivity contribution is -0.123. The molecule has 0 unspecified atom stereocenters. The molecule has 3 aliphatic rings. The summed E-state index contributed by atoms with van der Waals surface area (Å²) in [6.45, 7) is 3.37. The van der Waals surface area contributed by atoms with Crippen LogP contribution in [0.15, 0.2) is 53.0 Å². The largest absolute Gasteiger partial charge is 0.452 e. The van der Waals surface area contributed by atoms with E-state index in [0.29, 0.717) is 11.4 Å². The van der Waals surface area contributed by atoms with E-state index in [9.17, 15) is 19.2 Å². The van der Waals surface area contributed by atoms with Crippen LogP contribution in [-0.4, -0.2) is 30.3 Å². The Bertz CT molecular complexity index is 1240. The van der Waals surface area contributed by atoms with Crippen molar-refractivity contribution in [3.63, 3.8) is 0 Å². The summed E-state index contributed by atoms with van der Waals surface area (Å²) in [6, 6.07) is 9.84. The topological polar surface area (TPSA) is 92.8 Å². The molecule has 1 saturated heterocycles. The molecular formula is C26H23BrN2O5. The first-order valence-corrected chi connectivity index (χ1v) is 11.9. The molecule has 2 aliphatic carbocycles. The van der Waals surface area contributed by atoms with E-state index in [1.165, 1.54) is 17.0 Å². The standard InChI is InChI=1S/C26H23BrN2O5/c1-13-14(2)20(9-8-19(13)27)28-21(30)12-34-26(33)17-4-3-5-18(11-17)29-24(31)22-15-6-7-16(10-15)23(22)25(29)32/h3-9,11,15-16,22-23H,10,12H2,1-2H3,(H,28,30)/t15-,16-,22-,23-/m0/s1. The highest BCUT2D eigenvalue weighted by molar-refractivity contribution is 9.10. The first kappa shape index (κ1) is 22.5. The summed E-state index contributed by atoms with van der Waals surface area (Å²) >= 11 is 3.45. The molecule has 0 aromatic heterocycles. The number of benzene rings is 2. The number of halogens is 1. The molecule has 2 bridgehead atoms. The highest BCUT2D eigenvalue weighted by Gasteiger charge is 2.59. The van der Waals surface area contributed by atoms with Crippen LogP contribution in [0.4, 0.5) is 11.4 Å². The van der Waals surface area contributed by atoms with Gasteiger partial charge in [0.2, 0.25) is 11.8 Å². The van der Waals surface area contributed by atoms with E-state index in [4.69, 9.17) is 4.74 Å². The Kier molecular flexibility index (Phi) is 5.64. The van der Waals surface area contributed by atoms with Crippen LogP contribution in [-0.2, 0) is 19.1 Å². The highest BCUT2D eigenvalue weighted by Crippen LogP contribution is 2.53. The lowest BCUT2D eigenvalue weighted by Gasteiger charge is -2.18. The second-order valence-corrected chi connectivity index (χ2v) is 9.89. The van der Waals surface area contributed by atoms with Crippen LogP contribution in [0.25, 0.3) is 0 Å². The predicted octanol–water partition coefficient (Wildman–Crippen LogP) is 4.17. The second kappa shape index (κ2) is 8.51. The molecule has 0 spiro atoms. The Morgan fingerprint density at radius 2 is 1.71 bits per heavy atom. The minimum atomic E-state index is -0.707. The van der Waals surface area contributed by atoms with Gasteiger partial charge in [-0.15, -0.1) is 0 Å². The Hall–Kier alpha value is -3.26. The van der Waals surface area contributed by atoms with Gasteiger partial charge in [-0.1, -0.05) is 34.1 Å². The SMILES string of the molecule is Cc1c(Br)ccc(NC(=O)COC(=O)c2cccc(N3C(=O)[C@@H]4[C@@H](C3=O)[C@H]3C=C[C@H]4C3)c2)c1C. The number of anilines is 2. The number of rotatable bonds is 5. The Morgan fingerprint density at radius 1 is 1.03 bits per heavy atom. The van der Waals surface area contributed by atoms with Crippen molar-refractivity contribution in [2.75, 3.05) is 16.8 Å². The zero-order chi connectivity index (χ0) is 24.1. The van der Waals surface area contributed by atoms with Crippen molar-refractivity contribution in [3.05, 3.63) is 69.7 Å². The minimum Gasteiger partial charge on any atom is -0.452 e. The summed E-state index contributed by atoms with van der Waals surface area (Å²) in [7, 11) is 0. The quantitative estimate of drug-likeness (QED) is 0.361. The third-order valence-electron chi connectivity index (χ3n) is 7.14. The van der Waals surface area contributed by atoms with Crippen LogP contribution < -0.4 is 10.2 Å². The van der Waals surface area contributed by atoms with Crippen LogP contribution in [0.1, 0.15) is 27.9 Å². The number of ether oxygens (including phenoxy) is 1. The number of nitrogens with one attached hydrogen (secondary N) is 1. The number of hydrogen-bond donors (Lipinski definition) is 1. The fourth-order valence-corrected chi connectivity index (χ4v) is 5.68. The van der Waals surface area contributed by atoms with E-state index >= 15 is 0 Å². The van der Waals surface area contributed by atoms with Gasteiger partial charge in [-0.3, -0.25) is 14.4 Å². The molecule has 2 aromatic carbocycles. The molecule has 2 fully saturated rings. The van der Waals surface area contributed by atoms with Gasteiger partial charge in [0.25, 0.3) is 5.91 Å². The van der Waals surface area contributed by atoms with Crippen molar-refractivity contribution in [2.45, 2.75) is 20.3 Å². The number of amides is 3. The summed E-state index contributed by atoms with van der Waals surface area (Å²) in [5, 5.41) is 2.75. The van der Waals surface area contributed by atoms with Gasteiger partial charge in [0.1, 0.15) is 0 Å². The van der Waals surface area contributed by atoms with Gasteiger partial charge >= 0.3 is 5.97 Å². The molecule has 1 saturated carbocycles. The number of allylic oxidation sites excluding steroid dienone is 2. The maximum absolute atomic E-state index is 13.0. The fraction of sp³-hybridized carbons (Fsp3) is 0.308. The molecule has 3 amide bonds. The molecule has 1 aliphatic heterocycles. The zero-order valence-electron chi connectivity index (χ0n) is 18.7. The maximum Gasteiger partial charge on any atom is 0.338 e. The highest BCUT2D eigenvalue weighted by atomic mass is 79.9. The number of esters is 1. The van der Waals surface area contributed by atoms with Gasteiger partial charge < -0.3 is 10.1 Å². The Labute approximate surface area is 205 Å². The first-order valence-electron chi connectivity index (χ1n) is 11.1. The third-order valence-corrected chi connectivity index (χ3v) is 8.00. The van der Waals surface area contributed by atoms with Crippen molar-refractivity contribution in [2.24, 2.45) is 23.7 Å². The van der Waals surface area contributed by atoms with Crippen molar-refractivity contribution in [1.82, 2.24) is 0 Å². The minimum absolute atomic E-state index is 0.112. The average Bonchev–Trinajstić information content (AvgIpc) is 3.51. The summed E-state index contributed by atoms with van der Waals surface area (Å²) in [5.74, 6) is -1.99. The molecule has 1 heterocycles. The molecule has 0 radical (unpaired) electrons. The summed E-state index contributed by atoms with van der Waals surface area (Å²) < 4.78 is 6.13. The van der Waals surface area contributed by atoms with Crippen molar-refractivity contribution >= 4 is 51.0 Å². The van der Waals surface area contributed by atoms with Crippen LogP contribution in [0.5, 0.6) is 0 Å². The predicted molar refractivity (Wildman–Crippen MR) is 129 cm³/mol. The lowest BCUT2D eigenvalue weighted by Crippen LogP contribution is -2.33. The number of imide groups is 1. The lowest BCUT2D eigenvalue weighted by atomic mass is 9.85. The van der Waals surface area contributed by atoms with Gasteiger partial charge in [-0.25, -0.2) is 9.69 Å². The molecule has 4 atom stereocenters. The van der Waals surface area contributed by atoms with E-state index in [-0.39, 0.29) is 41.0 Å². The fourth-order valence-electron chi connectivity index (χ4n) is 5.25. The zero-order valence-corrected chi connectivity index (χ0v) is 20.3. The van der Waals surface area contributed by atoms with Crippen LogP contribution in [0.3, 0.4) is 0 Å². The molecule has 174 valence electrons. The Morgan fingerprint density at radius 3 is 2.38 bits per heavy atom. The number of carbonyl (C=O) groups excluding carboxylic acids is 4. The average molecular weight is 523 g/mol. The molecule has 5 rings (SSSR count). The monoisotopic (exact) mass is 522 g/mol. The van der Waals surface area contributed by atoms with E-state index in [1.807, 2.05) is 32.1 Å². The maximum atomic E-state index is 13.0. The molecule has 34 heavy (non-hydrogen) atoms. The Balaban J connectivity index is 1.25. The van der Waals surface area contributed by atoms with Crippen molar-refractivity contribution in [1.29, 1.82) is 0 Å². The van der Waals surface area contributed by atoms with E-state index in [0.717, 1.165) is 22.0 Å². The van der Waals surface area contributed by atoms with Gasteiger partial charge in [0.15, 0.2) is 6.61 Å². The normalized spacial score (nSPS) is 24.5. The van der Waals surface area contributed by atoms with Crippen LogP contribution in [0.2, 0.25) is 0 Å². The summed E-state index contributed by atoms with van der Waals surface area (Å²) in [6.07, 6.45) is 4.93. The van der Waals surface area contributed by atoms with E-state index < -0.39 is 18.5 Å². The summed E-state index contributed by atoms with van der Waals surface area (Å²) in [5.41, 5.74) is 3.08. The van der Waals surface area contributed by atoms with Crippen molar-refractivity contribution in [3.8, 4) is 0 Å². The number of fused-ring (bicyclic) bond motifs is 5. The molecule has 8 heteroatoms. The van der Waals surface area contributed by atoms with Crippen LogP contribution in [0, 0.1) is 37.5 Å². The van der Waals surface area contributed by atoms with Gasteiger partial charge in [-0.2, -0.15) is 0 Å². The molecule has 1 N–H and O–H groups in total. The van der Waals surface area contributed by atoms with Gasteiger partial charge in [-0.05, 0) is 73.6 Å². The molecular weight excluding hydrogens is 500 g/mol. The smallest absolute Gasteiger partial charge is 0.338 e. The summed E-state index contributed by atoms with van der Waals surface area (Å²) in [4.78, 5) is 52.2. The van der Waals surface area contributed by atoms with Gasteiger partial charge in [0, 0.05) is 10.2 Å². The second-order valence-electron chi connectivity index (χ2n) is 9.03. The van der Waals surface area contributed by atoms with Gasteiger partial charge in [0.05, 0.1) is 23.1 Å². The van der Waals surface area contributed by atoms with E-state index in [2.05, 4.69) is 21.2 Å². The molecule has 7 nitrogen and oxygen atoms in total. The van der Waals surface area contributed by atoms with E-state index in [1.54, 1.807) is 18.2 Å². The molecule has 2 aromatic rings. The third kappa shape index (κ3) is 3.66. The number of carbonyl (C=O) groups is 4. The number of hydrogen-bond acceptors (Lipinski definition) is 5.